The van der Waals surface area contributed by atoms with Crippen LogP contribution < -0.4 is 14.4 Å². The zero-order valence-corrected chi connectivity index (χ0v) is 20.7. The SMILES string of the molecule is COc1ccc(C)cc1S(=O)(=O)N(CC(=O)Nc1cccc(Cl)c1Cl)c1cccc(C(F)(F)F)c1. The second-order valence-corrected chi connectivity index (χ2v) is 9.98. The lowest BCUT2D eigenvalue weighted by Gasteiger charge is -2.26. The third-order valence-corrected chi connectivity index (χ3v) is 7.48. The number of halogens is 5. The number of rotatable bonds is 7. The number of ether oxygens (including phenoxy) is 1. The lowest BCUT2D eigenvalue weighted by molar-refractivity contribution is -0.137. The second-order valence-electron chi connectivity index (χ2n) is 7.36. The van der Waals surface area contributed by atoms with Crippen LogP contribution in [0.3, 0.4) is 0 Å². The van der Waals surface area contributed by atoms with E-state index in [9.17, 15) is 26.4 Å². The number of alkyl halides is 3. The Morgan fingerprint density at radius 3 is 2.40 bits per heavy atom. The normalized spacial score (nSPS) is 11.7. The minimum Gasteiger partial charge on any atom is -0.495 e. The average Bonchev–Trinajstić information content (AvgIpc) is 2.80. The molecule has 0 aliphatic heterocycles. The first-order valence-corrected chi connectivity index (χ1v) is 12.1. The number of nitrogens with zero attached hydrogens (tertiary/aromatic N) is 1. The summed E-state index contributed by atoms with van der Waals surface area (Å²) in [5.41, 5.74) is -0.775. The lowest BCUT2D eigenvalue weighted by atomic mass is 10.2. The Kier molecular flexibility index (Phi) is 7.88. The van der Waals surface area contributed by atoms with Gasteiger partial charge in [0.1, 0.15) is 17.2 Å². The van der Waals surface area contributed by atoms with Gasteiger partial charge in [0.05, 0.1) is 34.1 Å². The number of aryl methyl sites for hydroxylation is 1. The molecule has 0 heterocycles. The van der Waals surface area contributed by atoms with E-state index in [1.807, 2.05) is 0 Å². The van der Waals surface area contributed by atoms with Gasteiger partial charge in [-0.3, -0.25) is 9.10 Å². The van der Waals surface area contributed by atoms with E-state index < -0.39 is 34.2 Å². The highest BCUT2D eigenvalue weighted by Gasteiger charge is 2.34. The molecule has 3 aromatic carbocycles. The predicted octanol–water partition coefficient (Wildman–Crippen LogP) is 6.16. The van der Waals surface area contributed by atoms with Crippen molar-refractivity contribution in [3.05, 3.63) is 81.8 Å². The quantitative estimate of drug-likeness (QED) is 0.385. The topological polar surface area (TPSA) is 75.7 Å². The van der Waals surface area contributed by atoms with E-state index in [4.69, 9.17) is 27.9 Å². The van der Waals surface area contributed by atoms with Gasteiger partial charge in [-0.25, -0.2) is 8.42 Å². The van der Waals surface area contributed by atoms with E-state index in [2.05, 4.69) is 5.32 Å². The van der Waals surface area contributed by atoms with E-state index in [-0.39, 0.29) is 32.1 Å². The van der Waals surface area contributed by atoms with Gasteiger partial charge in [-0.15, -0.1) is 0 Å². The Morgan fingerprint density at radius 1 is 1.06 bits per heavy atom. The maximum absolute atomic E-state index is 13.7. The van der Waals surface area contributed by atoms with Gasteiger partial charge in [0.2, 0.25) is 5.91 Å². The van der Waals surface area contributed by atoms with Gasteiger partial charge in [-0.1, -0.05) is 41.4 Å². The third kappa shape index (κ3) is 6.01. The van der Waals surface area contributed by atoms with Crippen LogP contribution in [-0.2, 0) is 21.0 Å². The Labute approximate surface area is 210 Å². The van der Waals surface area contributed by atoms with Crippen molar-refractivity contribution < 1.29 is 31.1 Å². The van der Waals surface area contributed by atoms with Crippen LogP contribution in [0.5, 0.6) is 5.75 Å². The number of carbonyl (C=O) groups excluding carboxylic acids is 1. The summed E-state index contributed by atoms with van der Waals surface area (Å²) in [5.74, 6) is -0.896. The Morgan fingerprint density at radius 2 is 1.74 bits per heavy atom. The summed E-state index contributed by atoms with van der Waals surface area (Å²) in [6.45, 7) is 0.782. The second kappa shape index (κ2) is 10.3. The Hall–Kier alpha value is -2.95. The molecule has 1 amide bonds. The summed E-state index contributed by atoms with van der Waals surface area (Å²) in [4.78, 5) is 12.6. The molecule has 0 atom stereocenters. The van der Waals surface area contributed by atoms with Crippen LogP contribution in [0.25, 0.3) is 0 Å². The fourth-order valence-corrected chi connectivity index (χ4v) is 5.18. The maximum atomic E-state index is 13.7. The van der Waals surface area contributed by atoms with E-state index in [0.717, 1.165) is 18.2 Å². The molecule has 6 nitrogen and oxygen atoms in total. The molecular weight excluding hydrogens is 528 g/mol. The van der Waals surface area contributed by atoms with Crippen molar-refractivity contribution in [3.63, 3.8) is 0 Å². The predicted molar refractivity (Wildman–Crippen MR) is 129 cm³/mol. The minimum absolute atomic E-state index is 0.0244. The highest BCUT2D eigenvalue weighted by molar-refractivity contribution is 7.93. The lowest BCUT2D eigenvalue weighted by Crippen LogP contribution is -2.38. The molecule has 35 heavy (non-hydrogen) atoms. The summed E-state index contributed by atoms with van der Waals surface area (Å²) in [6, 6.07) is 12.4. The van der Waals surface area contributed by atoms with Crippen LogP contribution in [0, 0.1) is 6.92 Å². The summed E-state index contributed by atoms with van der Waals surface area (Å²) < 4.78 is 73.2. The van der Waals surface area contributed by atoms with E-state index in [1.165, 1.54) is 37.4 Å². The summed E-state index contributed by atoms with van der Waals surface area (Å²) >= 11 is 12.0. The molecule has 0 spiro atoms. The molecule has 0 aliphatic rings. The highest BCUT2D eigenvalue weighted by atomic mass is 35.5. The number of sulfonamides is 1. The molecule has 0 fully saturated rings. The number of hydrogen-bond donors (Lipinski definition) is 1. The van der Waals surface area contributed by atoms with Crippen LogP contribution in [0.4, 0.5) is 24.5 Å². The van der Waals surface area contributed by atoms with Crippen molar-refractivity contribution >= 4 is 50.5 Å². The number of hydrogen-bond acceptors (Lipinski definition) is 4. The fourth-order valence-electron chi connectivity index (χ4n) is 3.18. The highest BCUT2D eigenvalue weighted by Crippen LogP contribution is 2.35. The number of methoxy groups -OCH3 is 1. The van der Waals surface area contributed by atoms with Gasteiger partial charge >= 0.3 is 6.18 Å². The van der Waals surface area contributed by atoms with Crippen molar-refractivity contribution in [2.45, 2.75) is 18.0 Å². The average molecular weight is 547 g/mol. The molecule has 0 unspecified atom stereocenters. The zero-order chi connectivity index (χ0) is 26.0. The number of nitrogens with one attached hydrogen (secondary N) is 1. The van der Waals surface area contributed by atoms with Gasteiger partial charge in [0.15, 0.2) is 0 Å². The third-order valence-electron chi connectivity index (χ3n) is 4.86. The molecule has 0 radical (unpaired) electrons. The molecule has 12 heteroatoms. The van der Waals surface area contributed by atoms with Gasteiger partial charge in [0.25, 0.3) is 10.0 Å². The summed E-state index contributed by atoms with van der Waals surface area (Å²) in [5, 5.41) is 2.62. The van der Waals surface area contributed by atoms with Crippen molar-refractivity contribution in [2.75, 3.05) is 23.3 Å². The van der Waals surface area contributed by atoms with Crippen LogP contribution in [0.1, 0.15) is 11.1 Å². The van der Waals surface area contributed by atoms with Crippen molar-refractivity contribution in [2.24, 2.45) is 0 Å². The first kappa shape index (κ1) is 26.7. The van der Waals surface area contributed by atoms with Crippen LogP contribution in [0.2, 0.25) is 10.0 Å². The molecule has 0 aromatic heterocycles. The largest absolute Gasteiger partial charge is 0.495 e. The van der Waals surface area contributed by atoms with E-state index >= 15 is 0 Å². The molecular formula is C23H19Cl2F3N2O4S. The van der Waals surface area contributed by atoms with Gasteiger partial charge in [0, 0.05) is 0 Å². The number of amides is 1. The van der Waals surface area contributed by atoms with Crippen LogP contribution >= 0.6 is 23.2 Å². The number of carbonyl (C=O) groups is 1. The maximum Gasteiger partial charge on any atom is 0.416 e. The summed E-state index contributed by atoms with van der Waals surface area (Å²) in [6.07, 6.45) is -4.73. The van der Waals surface area contributed by atoms with Crippen molar-refractivity contribution in [1.82, 2.24) is 0 Å². The Bertz CT molecular complexity index is 1370. The molecule has 0 bridgehead atoms. The van der Waals surface area contributed by atoms with E-state index in [1.54, 1.807) is 13.0 Å². The smallest absolute Gasteiger partial charge is 0.416 e. The van der Waals surface area contributed by atoms with Crippen molar-refractivity contribution in [3.8, 4) is 5.75 Å². The van der Waals surface area contributed by atoms with Crippen molar-refractivity contribution in [1.29, 1.82) is 0 Å². The fraction of sp³-hybridized carbons (Fsp3) is 0.174. The van der Waals surface area contributed by atoms with Gasteiger partial charge in [-0.05, 0) is 55.0 Å². The number of anilines is 2. The summed E-state index contributed by atoms with van der Waals surface area (Å²) in [7, 11) is -3.31. The molecule has 0 saturated heterocycles. The zero-order valence-electron chi connectivity index (χ0n) is 18.4. The van der Waals surface area contributed by atoms with E-state index in [0.29, 0.717) is 15.9 Å². The van der Waals surface area contributed by atoms with Crippen LogP contribution in [-0.4, -0.2) is 28.0 Å². The Balaban J connectivity index is 2.10. The molecule has 0 aliphatic carbocycles. The number of benzene rings is 3. The van der Waals surface area contributed by atoms with Gasteiger partial charge < -0.3 is 10.1 Å². The molecule has 3 rings (SSSR count). The molecule has 0 saturated carbocycles. The first-order chi connectivity index (χ1) is 16.3. The standard InChI is InChI=1S/C23H19Cl2F3N2O4S/c1-14-9-10-19(34-2)20(11-14)35(32,33)30(16-6-3-5-15(12-16)23(26,27)28)13-21(31)29-18-8-4-7-17(24)22(18)25/h3-12H,13H2,1-2H3,(H,29,31). The first-order valence-electron chi connectivity index (χ1n) is 9.93. The molecule has 3 aromatic rings. The molecule has 186 valence electrons. The minimum atomic E-state index is -4.73. The monoisotopic (exact) mass is 546 g/mol. The molecule has 1 N–H and O–H groups in total. The van der Waals surface area contributed by atoms with Crippen LogP contribution in [0.15, 0.2) is 65.6 Å². The van der Waals surface area contributed by atoms with Gasteiger partial charge in [-0.2, -0.15) is 13.2 Å².